The van der Waals surface area contributed by atoms with Gasteiger partial charge in [-0.1, -0.05) is 121 Å². The van der Waals surface area contributed by atoms with Gasteiger partial charge in [0.15, 0.2) is 0 Å². The second-order valence-corrected chi connectivity index (χ2v) is 14.5. The smallest absolute Gasteiger partial charge is 0.252 e. The van der Waals surface area contributed by atoms with Crippen molar-refractivity contribution < 1.29 is 4.42 Å². The van der Waals surface area contributed by atoms with Crippen LogP contribution in [0.5, 0.6) is 0 Å². The highest BCUT2D eigenvalue weighted by Crippen LogP contribution is 2.47. The van der Waals surface area contributed by atoms with Crippen LogP contribution in [-0.2, 0) is 0 Å². The molecule has 2 aliphatic rings. The van der Waals surface area contributed by atoms with Gasteiger partial charge in [-0.05, 0) is 116 Å². The molecule has 10 aromatic rings. The van der Waals surface area contributed by atoms with Crippen molar-refractivity contribution in [1.29, 1.82) is 0 Å². The van der Waals surface area contributed by atoms with Crippen molar-refractivity contribution in [2.75, 3.05) is 9.80 Å². The molecule has 9 aromatic carbocycles. The average Bonchev–Trinajstić information content (AvgIpc) is 3.61. The molecular weight excluding hydrogens is 655 g/mol. The molecule has 0 amide bonds. The third-order valence-electron chi connectivity index (χ3n) is 11.5. The van der Waals surface area contributed by atoms with E-state index in [0.717, 1.165) is 44.4 Å². The number of anilines is 6. The summed E-state index contributed by atoms with van der Waals surface area (Å²) in [6.45, 7) is 0.0171. The Morgan fingerprint density at radius 1 is 0.352 bits per heavy atom. The van der Waals surface area contributed by atoms with Gasteiger partial charge in [-0.25, -0.2) is 0 Å². The molecule has 0 N–H and O–H groups in total. The fraction of sp³-hybridized carbons (Fsp3) is 0. The van der Waals surface area contributed by atoms with Gasteiger partial charge in [-0.2, -0.15) is 0 Å². The number of hydrogen-bond donors (Lipinski definition) is 0. The van der Waals surface area contributed by atoms with E-state index in [4.69, 9.17) is 4.42 Å². The fourth-order valence-electron chi connectivity index (χ4n) is 9.15. The Morgan fingerprint density at radius 2 is 0.833 bits per heavy atom. The molecule has 0 fully saturated rings. The summed E-state index contributed by atoms with van der Waals surface area (Å²) < 4.78 is 6.28. The molecule has 12 rings (SSSR count). The summed E-state index contributed by atoms with van der Waals surface area (Å²) in [7, 11) is 0. The zero-order chi connectivity index (χ0) is 35.3. The Hall–Kier alpha value is -7.04. The molecule has 0 saturated heterocycles. The zero-order valence-electron chi connectivity index (χ0n) is 29.3. The van der Waals surface area contributed by atoms with Crippen molar-refractivity contribution in [3.63, 3.8) is 0 Å². The summed E-state index contributed by atoms with van der Waals surface area (Å²) in [6.07, 6.45) is 0. The standard InChI is InChI=1S/C50H31BN2O/c1-3-17-38(18-4-1)52-44-28-34-15-9-7-13-32(34)26-42(44)51-43-27-33-14-8-10-16-35(33)29-45(43)53(39-19-5-2-6-20-39)47-31-37(30-46(52)50(47)51)36-23-24-49-41(25-36)40-21-11-12-22-48(40)54-49/h1-31H. The molecular formula is C50H31BN2O. The molecule has 250 valence electrons. The maximum atomic E-state index is 6.28. The Kier molecular flexibility index (Phi) is 6.14. The van der Waals surface area contributed by atoms with Crippen LogP contribution in [0.15, 0.2) is 192 Å². The van der Waals surface area contributed by atoms with Crippen molar-refractivity contribution in [3.05, 3.63) is 188 Å². The largest absolute Gasteiger partial charge is 0.456 e. The van der Waals surface area contributed by atoms with Gasteiger partial charge in [0, 0.05) is 44.9 Å². The van der Waals surface area contributed by atoms with Gasteiger partial charge in [0.1, 0.15) is 11.2 Å². The lowest BCUT2D eigenvalue weighted by atomic mass is 9.33. The second kappa shape index (κ2) is 11.2. The molecule has 4 heteroatoms. The van der Waals surface area contributed by atoms with Gasteiger partial charge in [0.2, 0.25) is 0 Å². The number of hydrogen-bond acceptors (Lipinski definition) is 3. The van der Waals surface area contributed by atoms with Crippen LogP contribution in [0.3, 0.4) is 0 Å². The van der Waals surface area contributed by atoms with E-state index in [1.54, 1.807) is 0 Å². The normalized spacial score (nSPS) is 13.1. The number of fused-ring (bicyclic) bond motifs is 9. The lowest BCUT2D eigenvalue weighted by Crippen LogP contribution is -2.61. The van der Waals surface area contributed by atoms with Crippen LogP contribution in [0.4, 0.5) is 34.1 Å². The SMILES string of the molecule is c1ccc(N2c3cc4ccccc4cc3B3c4cc5ccccc5cc4N(c4ccccc4)c4cc(-c5ccc6oc7ccccc7c6c5)cc2c43)cc1. The molecule has 0 aliphatic carbocycles. The summed E-state index contributed by atoms with van der Waals surface area (Å²) in [5, 5.41) is 7.22. The van der Waals surface area contributed by atoms with E-state index >= 15 is 0 Å². The summed E-state index contributed by atoms with van der Waals surface area (Å²) in [6, 6.07) is 68.8. The van der Waals surface area contributed by atoms with Crippen molar-refractivity contribution >= 4 is 101 Å². The molecule has 3 nitrogen and oxygen atoms in total. The molecule has 0 unspecified atom stereocenters. The third kappa shape index (κ3) is 4.25. The molecule has 0 radical (unpaired) electrons. The van der Waals surface area contributed by atoms with Gasteiger partial charge >= 0.3 is 0 Å². The fourth-order valence-corrected chi connectivity index (χ4v) is 9.15. The monoisotopic (exact) mass is 686 g/mol. The Bertz CT molecular complexity index is 2980. The van der Waals surface area contributed by atoms with E-state index in [1.807, 2.05) is 6.07 Å². The topological polar surface area (TPSA) is 19.6 Å². The highest BCUT2D eigenvalue weighted by atomic mass is 16.3. The number of nitrogens with zero attached hydrogens (tertiary/aromatic N) is 2. The molecule has 0 atom stereocenters. The van der Waals surface area contributed by atoms with Crippen LogP contribution in [0, 0.1) is 0 Å². The summed E-state index contributed by atoms with van der Waals surface area (Å²) in [4.78, 5) is 5.00. The molecule has 0 spiro atoms. The predicted octanol–water partition coefficient (Wildman–Crippen LogP) is 11.6. The zero-order valence-corrected chi connectivity index (χ0v) is 29.3. The van der Waals surface area contributed by atoms with Crippen LogP contribution >= 0.6 is 0 Å². The van der Waals surface area contributed by atoms with E-state index in [-0.39, 0.29) is 6.71 Å². The lowest BCUT2D eigenvalue weighted by molar-refractivity contribution is 0.669. The van der Waals surface area contributed by atoms with Crippen molar-refractivity contribution in [2.45, 2.75) is 0 Å². The van der Waals surface area contributed by atoms with Crippen LogP contribution in [0.1, 0.15) is 0 Å². The van der Waals surface area contributed by atoms with Crippen molar-refractivity contribution in [1.82, 2.24) is 0 Å². The minimum absolute atomic E-state index is 0.0171. The van der Waals surface area contributed by atoms with Gasteiger partial charge in [-0.15, -0.1) is 0 Å². The first kappa shape index (κ1) is 29.5. The Labute approximate surface area is 313 Å². The minimum Gasteiger partial charge on any atom is -0.456 e. The van der Waals surface area contributed by atoms with E-state index in [0.29, 0.717) is 0 Å². The highest BCUT2D eigenvalue weighted by Gasteiger charge is 2.44. The first-order valence-electron chi connectivity index (χ1n) is 18.6. The van der Waals surface area contributed by atoms with Crippen LogP contribution in [-0.4, -0.2) is 6.71 Å². The number of benzene rings is 9. The Morgan fingerprint density at radius 3 is 1.41 bits per heavy atom. The summed E-state index contributed by atoms with van der Waals surface area (Å²) in [5.41, 5.74) is 15.1. The highest BCUT2D eigenvalue weighted by molar-refractivity contribution is 7.00. The third-order valence-corrected chi connectivity index (χ3v) is 11.5. The van der Waals surface area contributed by atoms with Crippen molar-refractivity contribution in [3.8, 4) is 11.1 Å². The van der Waals surface area contributed by atoms with E-state index in [9.17, 15) is 0 Å². The molecule has 1 aromatic heterocycles. The molecule has 0 saturated carbocycles. The molecule has 3 heterocycles. The first-order chi connectivity index (χ1) is 26.8. The molecule has 2 aliphatic heterocycles. The van der Waals surface area contributed by atoms with Gasteiger partial charge in [-0.3, -0.25) is 0 Å². The average molecular weight is 687 g/mol. The van der Waals surface area contributed by atoms with Gasteiger partial charge in [0.05, 0.1) is 0 Å². The van der Waals surface area contributed by atoms with Gasteiger partial charge in [0.25, 0.3) is 6.71 Å². The first-order valence-corrected chi connectivity index (χ1v) is 18.6. The second-order valence-electron chi connectivity index (χ2n) is 14.5. The van der Waals surface area contributed by atoms with Gasteiger partial charge < -0.3 is 14.2 Å². The number of para-hydroxylation sites is 3. The molecule has 54 heavy (non-hydrogen) atoms. The quantitative estimate of drug-likeness (QED) is 0.173. The van der Waals surface area contributed by atoms with Crippen LogP contribution in [0.2, 0.25) is 0 Å². The van der Waals surface area contributed by atoms with E-state index in [2.05, 4.69) is 192 Å². The predicted molar refractivity (Wildman–Crippen MR) is 228 cm³/mol. The van der Waals surface area contributed by atoms with Crippen LogP contribution < -0.4 is 26.2 Å². The minimum atomic E-state index is 0.0171. The van der Waals surface area contributed by atoms with E-state index < -0.39 is 0 Å². The maximum Gasteiger partial charge on any atom is 0.252 e. The lowest BCUT2D eigenvalue weighted by Gasteiger charge is -2.44. The van der Waals surface area contributed by atoms with Crippen LogP contribution in [0.25, 0.3) is 54.6 Å². The van der Waals surface area contributed by atoms with Crippen molar-refractivity contribution in [2.24, 2.45) is 0 Å². The van der Waals surface area contributed by atoms with E-state index in [1.165, 1.54) is 60.7 Å². The maximum absolute atomic E-state index is 6.28. The number of furan rings is 1. The number of rotatable bonds is 3. The summed E-state index contributed by atoms with van der Waals surface area (Å²) >= 11 is 0. The Balaban J connectivity index is 1.23. The summed E-state index contributed by atoms with van der Waals surface area (Å²) in [5.74, 6) is 0. The molecule has 0 bridgehead atoms.